The molecule has 0 radical (unpaired) electrons. The summed E-state index contributed by atoms with van der Waals surface area (Å²) in [4.78, 5) is 32.9. The third-order valence-electron chi connectivity index (χ3n) is 9.46. The van der Waals surface area contributed by atoms with E-state index in [1.165, 1.54) is 28.5 Å². The van der Waals surface area contributed by atoms with E-state index in [1.807, 2.05) is 18.2 Å². The number of halogens is 1. The van der Waals surface area contributed by atoms with Crippen LogP contribution in [0.15, 0.2) is 65.6 Å². The number of carbonyl (C=O) groups is 2. The van der Waals surface area contributed by atoms with E-state index in [0.717, 1.165) is 44.3 Å². The number of rotatable bonds is 5. The first kappa shape index (κ1) is 34.1. The molecule has 13 heteroatoms. The van der Waals surface area contributed by atoms with E-state index >= 15 is 0 Å². The zero-order valence-corrected chi connectivity index (χ0v) is 28.8. The Morgan fingerprint density at radius 2 is 2.04 bits per heavy atom. The molecule has 1 unspecified atom stereocenters. The second-order valence-corrected chi connectivity index (χ2v) is 15.2. The van der Waals surface area contributed by atoms with Crippen LogP contribution >= 0.6 is 11.6 Å². The Morgan fingerprint density at radius 3 is 2.83 bits per heavy atom. The molecular formula is C35H43ClN6O5S. The fourth-order valence-electron chi connectivity index (χ4n) is 6.71. The number of hydrogen-bond acceptors (Lipinski definition) is 8. The van der Waals surface area contributed by atoms with E-state index in [9.17, 15) is 13.8 Å². The summed E-state index contributed by atoms with van der Waals surface area (Å²) in [5, 5.41) is 4.73. The van der Waals surface area contributed by atoms with Crippen molar-refractivity contribution in [2.45, 2.75) is 70.6 Å². The Balaban J connectivity index is 1.39. The highest BCUT2D eigenvalue weighted by atomic mass is 35.5. The van der Waals surface area contributed by atoms with Gasteiger partial charge in [-0.3, -0.25) is 19.0 Å². The third kappa shape index (κ3) is 8.45. The third-order valence-corrected chi connectivity index (χ3v) is 11.5. The topological polar surface area (TPSA) is 128 Å². The number of hydrogen-bond donors (Lipinski definition) is 1. The van der Waals surface area contributed by atoms with Crippen LogP contribution < -0.4 is 14.4 Å². The molecule has 1 saturated carbocycles. The molecule has 2 aromatic carbocycles. The van der Waals surface area contributed by atoms with Gasteiger partial charge in [0.15, 0.2) is 0 Å². The molecule has 2 bridgehead atoms. The van der Waals surface area contributed by atoms with Crippen LogP contribution in [-0.2, 0) is 39.0 Å². The fraction of sp³-hybridized carbons (Fsp3) is 0.486. The number of ether oxygens (including phenoxy) is 2. The maximum absolute atomic E-state index is 14.2. The number of nitrogens with one attached hydrogen (secondary N) is 1. The average Bonchev–Trinajstić information content (AvgIpc) is 3.57. The summed E-state index contributed by atoms with van der Waals surface area (Å²) in [6.45, 7) is 2.14. The highest BCUT2D eigenvalue weighted by molar-refractivity contribution is 7.92. The van der Waals surface area contributed by atoms with Gasteiger partial charge in [0.1, 0.15) is 28.3 Å². The minimum Gasteiger partial charge on any atom is -0.491 e. The Labute approximate surface area is 287 Å². The molecule has 3 heterocycles. The number of nitrogens with zero attached hydrogens (tertiary/aromatic N) is 5. The van der Waals surface area contributed by atoms with Crippen LogP contribution in [0.1, 0.15) is 66.4 Å². The number of anilines is 1. The SMILES string of the molecule is CO[C@H]1/C=C/CCCS(=O)(NC(=O)CCn2cncn2)=NC(=O)c2ccc3c(c2)N(Cc2ccc(Cl)cc2CCCCO3)C[C@@H]2CC[C@H]21. The summed E-state index contributed by atoms with van der Waals surface area (Å²) < 4.78 is 34.8. The average molecular weight is 695 g/mol. The summed E-state index contributed by atoms with van der Waals surface area (Å²) in [6.07, 6.45) is 12.9. The van der Waals surface area contributed by atoms with Crippen molar-refractivity contribution in [2.75, 3.05) is 30.9 Å². The van der Waals surface area contributed by atoms with Crippen molar-refractivity contribution in [1.29, 1.82) is 0 Å². The number of benzene rings is 2. The van der Waals surface area contributed by atoms with Crippen molar-refractivity contribution >= 4 is 39.0 Å². The van der Waals surface area contributed by atoms with Crippen molar-refractivity contribution in [2.24, 2.45) is 16.2 Å². The summed E-state index contributed by atoms with van der Waals surface area (Å²) >= 11 is 6.44. The molecule has 3 aliphatic rings. The molecule has 2 amide bonds. The molecule has 0 saturated heterocycles. The molecule has 6 rings (SSSR count). The highest BCUT2D eigenvalue weighted by Crippen LogP contribution is 2.42. The standard InChI is InChI=1S/C35H43ClN6O5S/c1-46-32-8-3-2-6-18-48(45,39-34(43)15-16-42-24-37-23-38-42)40-35(44)26-11-14-33-31(20-26)41(22-28-10-13-30(28)32)21-27-9-12-29(36)19-25(27)7-4-5-17-47-33/h3,8-9,11-12,14,19-20,23-24,28,30,32H,2,4-7,10,13,15-18,21-22H2,1H3,(H,39,40,43,44,45)/b8-3+/t28-,30+,32-,48?/m0/s1. The lowest BCUT2D eigenvalue weighted by Gasteiger charge is -2.43. The lowest BCUT2D eigenvalue weighted by Crippen LogP contribution is -2.43. The van der Waals surface area contributed by atoms with Crippen LogP contribution in [-0.4, -0.2) is 62.9 Å². The van der Waals surface area contributed by atoms with Gasteiger partial charge in [0.05, 0.1) is 30.7 Å². The molecular weight excluding hydrogens is 652 g/mol. The fourth-order valence-corrected chi connectivity index (χ4v) is 8.54. The van der Waals surface area contributed by atoms with E-state index in [1.54, 1.807) is 19.2 Å². The number of aryl methyl sites for hydroxylation is 2. The summed E-state index contributed by atoms with van der Waals surface area (Å²) in [6, 6.07) is 11.4. The second-order valence-electron chi connectivity index (χ2n) is 12.7. The highest BCUT2D eigenvalue weighted by Gasteiger charge is 2.38. The van der Waals surface area contributed by atoms with Crippen LogP contribution in [0.3, 0.4) is 0 Å². The minimum absolute atomic E-state index is 0.0138. The molecule has 11 nitrogen and oxygen atoms in total. The van der Waals surface area contributed by atoms with Crippen LogP contribution in [0.4, 0.5) is 5.69 Å². The van der Waals surface area contributed by atoms with Crippen LogP contribution in [0.25, 0.3) is 0 Å². The molecule has 256 valence electrons. The van der Waals surface area contributed by atoms with Gasteiger partial charge in [0.2, 0.25) is 5.91 Å². The predicted octanol–water partition coefficient (Wildman–Crippen LogP) is 5.77. The maximum Gasteiger partial charge on any atom is 0.286 e. The number of aromatic nitrogens is 3. The van der Waals surface area contributed by atoms with E-state index < -0.39 is 21.7 Å². The lowest BCUT2D eigenvalue weighted by atomic mass is 9.70. The largest absolute Gasteiger partial charge is 0.491 e. The molecule has 48 heavy (non-hydrogen) atoms. The van der Waals surface area contributed by atoms with Crippen molar-refractivity contribution in [1.82, 2.24) is 19.5 Å². The van der Waals surface area contributed by atoms with Gasteiger partial charge in [-0.1, -0.05) is 29.8 Å². The van der Waals surface area contributed by atoms with Gasteiger partial charge in [-0.2, -0.15) is 5.10 Å². The van der Waals surface area contributed by atoms with Gasteiger partial charge < -0.3 is 14.4 Å². The monoisotopic (exact) mass is 694 g/mol. The Bertz CT molecular complexity index is 1760. The van der Waals surface area contributed by atoms with Crippen LogP contribution in [0, 0.1) is 11.8 Å². The number of methoxy groups -OCH3 is 1. The van der Waals surface area contributed by atoms with Crippen molar-refractivity contribution in [3.63, 3.8) is 0 Å². The normalized spacial score (nSPS) is 25.6. The van der Waals surface area contributed by atoms with E-state index in [-0.39, 0.29) is 30.4 Å². The molecule has 1 N–H and O–H groups in total. The number of carbonyl (C=O) groups excluding carboxylic acids is 2. The summed E-state index contributed by atoms with van der Waals surface area (Å²) in [5.74, 6) is 0.293. The Hall–Kier alpha value is -3.74. The number of fused-ring (bicyclic) bond motifs is 3. The molecule has 4 atom stereocenters. The quantitative estimate of drug-likeness (QED) is 0.334. The van der Waals surface area contributed by atoms with Crippen molar-refractivity contribution < 1.29 is 23.3 Å². The number of amides is 2. The van der Waals surface area contributed by atoms with Gasteiger partial charge in [-0.05, 0) is 98.2 Å². The van der Waals surface area contributed by atoms with Crippen LogP contribution in [0.5, 0.6) is 5.75 Å². The van der Waals surface area contributed by atoms with Gasteiger partial charge in [-0.15, -0.1) is 4.36 Å². The van der Waals surface area contributed by atoms with E-state index in [4.69, 9.17) is 21.1 Å². The summed E-state index contributed by atoms with van der Waals surface area (Å²) in [5.41, 5.74) is 3.45. The maximum atomic E-state index is 14.2. The minimum atomic E-state index is -3.43. The van der Waals surface area contributed by atoms with Crippen LogP contribution in [0.2, 0.25) is 5.02 Å². The summed E-state index contributed by atoms with van der Waals surface area (Å²) in [7, 11) is -1.68. The van der Waals surface area contributed by atoms with Gasteiger partial charge in [0.25, 0.3) is 5.91 Å². The first-order valence-electron chi connectivity index (χ1n) is 16.7. The first-order valence-corrected chi connectivity index (χ1v) is 18.8. The van der Waals surface area contributed by atoms with Gasteiger partial charge >= 0.3 is 0 Å². The Morgan fingerprint density at radius 1 is 1.15 bits per heavy atom. The lowest BCUT2D eigenvalue weighted by molar-refractivity contribution is -0.119. The zero-order valence-electron chi connectivity index (χ0n) is 27.3. The molecule has 2 aliphatic heterocycles. The van der Waals surface area contributed by atoms with E-state index in [2.05, 4.69) is 42.3 Å². The number of allylic oxidation sites excluding steroid dienone is 1. The smallest absolute Gasteiger partial charge is 0.286 e. The Kier molecular flexibility index (Phi) is 11.1. The molecule has 1 fully saturated rings. The van der Waals surface area contributed by atoms with E-state index in [0.29, 0.717) is 48.6 Å². The first-order chi connectivity index (χ1) is 23.3. The van der Waals surface area contributed by atoms with Gasteiger partial charge in [0, 0.05) is 37.2 Å². The molecule has 1 aromatic heterocycles. The van der Waals surface area contributed by atoms with Crippen molar-refractivity contribution in [3.8, 4) is 5.75 Å². The predicted molar refractivity (Wildman–Crippen MR) is 185 cm³/mol. The molecule has 3 aromatic rings. The molecule has 0 spiro atoms. The van der Waals surface area contributed by atoms with Crippen molar-refractivity contribution in [3.05, 3.63) is 82.9 Å². The molecule has 1 aliphatic carbocycles. The zero-order chi connectivity index (χ0) is 33.5. The van der Waals surface area contributed by atoms with Gasteiger partial charge in [-0.25, -0.2) is 9.19 Å². The second kappa shape index (κ2) is 15.7.